The molecule has 0 radical (unpaired) electrons. The van der Waals surface area contributed by atoms with E-state index in [0.717, 1.165) is 44.8 Å². The maximum atomic E-state index is 6.12. The van der Waals surface area contributed by atoms with Crippen LogP contribution in [-0.4, -0.2) is 24.2 Å². The summed E-state index contributed by atoms with van der Waals surface area (Å²) in [5.74, 6) is 1.02. The van der Waals surface area contributed by atoms with Gasteiger partial charge in [0.25, 0.3) is 0 Å². The highest BCUT2D eigenvalue weighted by Crippen LogP contribution is 2.26. The molecule has 3 aromatic rings. The van der Waals surface area contributed by atoms with Gasteiger partial charge in [-0.1, -0.05) is 78.9 Å². The molecule has 1 heterocycles. The first kappa shape index (κ1) is 18.7. The maximum absolute atomic E-state index is 6.12. The largest absolute Gasteiger partial charge is 0.475 e. The zero-order chi connectivity index (χ0) is 19.0. The second-order valence-corrected chi connectivity index (χ2v) is 7.39. The average Bonchev–Trinajstić information content (AvgIpc) is 2.75. The summed E-state index contributed by atoms with van der Waals surface area (Å²) in [5.41, 5.74) is 4.01. The summed E-state index contributed by atoms with van der Waals surface area (Å²) in [6, 6.07) is 29.8. The minimum atomic E-state index is 0.102. The van der Waals surface area contributed by atoms with Crippen molar-refractivity contribution in [2.45, 2.75) is 32.2 Å². The van der Waals surface area contributed by atoms with Crippen molar-refractivity contribution in [1.82, 2.24) is 10.2 Å². The molecule has 0 fully saturated rings. The van der Waals surface area contributed by atoms with Crippen molar-refractivity contribution >= 4 is 0 Å². The van der Waals surface area contributed by atoms with Crippen LogP contribution in [0, 0.1) is 0 Å². The first-order chi connectivity index (χ1) is 13.9. The highest BCUT2D eigenvalue weighted by molar-refractivity contribution is 5.35. The number of benzene rings is 3. The summed E-state index contributed by atoms with van der Waals surface area (Å²) in [7, 11) is 0. The monoisotopic (exact) mass is 372 g/mol. The van der Waals surface area contributed by atoms with E-state index in [1.54, 1.807) is 0 Å². The molecular weight excluding hydrogens is 344 g/mol. The molecule has 1 unspecified atom stereocenters. The number of ether oxygens (including phenoxy) is 1. The van der Waals surface area contributed by atoms with Gasteiger partial charge in [-0.2, -0.15) is 0 Å². The summed E-state index contributed by atoms with van der Waals surface area (Å²) in [5, 5.41) is 3.60. The number of rotatable bonds is 8. The number of nitrogens with zero attached hydrogens (tertiary/aromatic N) is 1. The van der Waals surface area contributed by atoms with Gasteiger partial charge in [0, 0.05) is 32.6 Å². The van der Waals surface area contributed by atoms with Gasteiger partial charge in [-0.15, -0.1) is 0 Å². The van der Waals surface area contributed by atoms with Crippen molar-refractivity contribution in [3.63, 3.8) is 0 Å². The number of hydrogen-bond acceptors (Lipinski definition) is 3. The fourth-order valence-electron chi connectivity index (χ4n) is 3.75. The molecule has 4 rings (SSSR count). The topological polar surface area (TPSA) is 24.5 Å². The van der Waals surface area contributed by atoms with E-state index in [1.165, 1.54) is 16.7 Å². The molecule has 144 valence electrons. The predicted octanol–water partition coefficient (Wildman–Crippen LogP) is 4.63. The lowest BCUT2D eigenvalue weighted by Gasteiger charge is -2.28. The molecule has 0 aliphatic carbocycles. The van der Waals surface area contributed by atoms with E-state index >= 15 is 0 Å². The Kier molecular flexibility index (Phi) is 6.38. The SMILES string of the molecule is c1ccc(CN(CCNC2CCc3ccccc3O2)Cc2ccccc2)cc1. The second kappa shape index (κ2) is 9.54. The number of aryl methyl sites for hydroxylation is 1. The Balaban J connectivity index is 1.33. The molecule has 3 aromatic carbocycles. The predicted molar refractivity (Wildman–Crippen MR) is 114 cm³/mol. The first-order valence-corrected chi connectivity index (χ1v) is 10.1. The van der Waals surface area contributed by atoms with Gasteiger partial charge in [-0.3, -0.25) is 10.2 Å². The fraction of sp³-hybridized carbons (Fsp3) is 0.280. The molecule has 0 saturated carbocycles. The molecule has 1 atom stereocenters. The van der Waals surface area contributed by atoms with E-state index in [1.807, 2.05) is 6.07 Å². The third kappa shape index (κ3) is 5.22. The summed E-state index contributed by atoms with van der Waals surface area (Å²) in [6.07, 6.45) is 2.20. The summed E-state index contributed by atoms with van der Waals surface area (Å²) >= 11 is 0. The van der Waals surface area contributed by atoms with Gasteiger partial charge in [-0.25, -0.2) is 0 Å². The van der Waals surface area contributed by atoms with E-state index in [0.29, 0.717) is 0 Å². The minimum absolute atomic E-state index is 0.102. The van der Waals surface area contributed by atoms with Gasteiger partial charge in [0.1, 0.15) is 5.75 Å². The van der Waals surface area contributed by atoms with Crippen LogP contribution in [0.3, 0.4) is 0 Å². The van der Waals surface area contributed by atoms with Crippen molar-refractivity contribution in [3.8, 4) is 5.75 Å². The van der Waals surface area contributed by atoms with Crippen LogP contribution in [0.15, 0.2) is 84.9 Å². The Morgan fingerprint density at radius 3 is 2.07 bits per heavy atom. The molecule has 0 bridgehead atoms. The molecule has 1 N–H and O–H groups in total. The zero-order valence-electron chi connectivity index (χ0n) is 16.3. The lowest BCUT2D eigenvalue weighted by atomic mass is 10.1. The van der Waals surface area contributed by atoms with Gasteiger partial charge in [0.05, 0.1) is 0 Å². The van der Waals surface area contributed by atoms with Crippen LogP contribution in [0.5, 0.6) is 5.75 Å². The lowest BCUT2D eigenvalue weighted by molar-refractivity contribution is 0.130. The van der Waals surface area contributed by atoms with Crippen LogP contribution < -0.4 is 10.1 Å². The first-order valence-electron chi connectivity index (χ1n) is 10.1. The van der Waals surface area contributed by atoms with E-state index < -0.39 is 0 Å². The Morgan fingerprint density at radius 2 is 1.39 bits per heavy atom. The van der Waals surface area contributed by atoms with Crippen molar-refractivity contribution in [2.24, 2.45) is 0 Å². The van der Waals surface area contributed by atoms with Gasteiger partial charge < -0.3 is 4.74 Å². The van der Waals surface area contributed by atoms with Crippen molar-refractivity contribution in [3.05, 3.63) is 102 Å². The second-order valence-electron chi connectivity index (χ2n) is 7.39. The van der Waals surface area contributed by atoms with E-state index in [9.17, 15) is 0 Å². The molecule has 3 heteroatoms. The van der Waals surface area contributed by atoms with Crippen molar-refractivity contribution < 1.29 is 4.74 Å². The van der Waals surface area contributed by atoms with Crippen LogP contribution in [-0.2, 0) is 19.5 Å². The Labute approximate surface area is 168 Å². The molecule has 1 aliphatic rings. The molecular formula is C25H28N2O. The van der Waals surface area contributed by atoms with Gasteiger partial charge in [0.2, 0.25) is 0 Å². The van der Waals surface area contributed by atoms with Crippen LogP contribution >= 0.6 is 0 Å². The zero-order valence-corrected chi connectivity index (χ0v) is 16.3. The maximum Gasteiger partial charge on any atom is 0.150 e. The van der Waals surface area contributed by atoms with E-state index in [4.69, 9.17) is 4.74 Å². The van der Waals surface area contributed by atoms with Crippen molar-refractivity contribution in [2.75, 3.05) is 13.1 Å². The molecule has 0 amide bonds. The Hall–Kier alpha value is -2.62. The number of fused-ring (bicyclic) bond motifs is 1. The van der Waals surface area contributed by atoms with E-state index in [-0.39, 0.29) is 6.23 Å². The third-order valence-corrected chi connectivity index (χ3v) is 5.22. The van der Waals surface area contributed by atoms with Crippen LogP contribution in [0.4, 0.5) is 0 Å². The summed E-state index contributed by atoms with van der Waals surface area (Å²) in [6.45, 7) is 3.79. The van der Waals surface area contributed by atoms with Gasteiger partial charge >= 0.3 is 0 Å². The van der Waals surface area contributed by atoms with E-state index in [2.05, 4.69) is 89.1 Å². The Morgan fingerprint density at radius 1 is 0.786 bits per heavy atom. The molecule has 0 aromatic heterocycles. The quantitative estimate of drug-likeness (QED) is 0.624. The van der Waals surface area contributed by atoms with Crippen LogP contribution in [0.2, 0.25) is 0 Å². The summed E-state index contributed by atoms with van der Waals surface area (Å²) < 4.78 is 6.12. The summed E-state index contributed by atoms with van der Waals surface area (Å²) in [4.78, 5) is 2.49. The lowest BCUT2D eigenvalue weighted by Crippen LogP contribution is -2.41. The molecule has 0 saturated heterocycles. The Bertz CT molecular complexity index is 809. The fourth-order valence-corrected chi connectivity index (χ4v) is 3.75. The third-order valence-electron chi connectivity index (χ3n) is 5.22. The molecule has 0 spiro atoms. The highest BCUT2D eigenvalue weighted by atomic mass is 16.5. The van der Waals surface area contributed by atoms with Crippen LogP contribution in [0.25, 0.3) is 0 Å². The number of para-hydroxylation sites is 1. The molecule has 3 nitrogen and oxygen atoms in total. The van der Waals surface area contributed by atoms with Crippen molar-refractivity contribution in [1.29, 1.82) is 0 Å². The highest BCUT2D eigenvalue weighted by Gasteiger charge is 2.18. The minimum Gasteiger partial charge on any atom is -0.475 e. The number of hydrogen-bond donors (Lipinski definition) is 1. The molecule has 28 heavy (non-hydrogen) atoms. The normalized spacial score (nSPS) is 15.8. The average molecular weight is 373 g/mol. The standard InChI is InChI=1S/C25H28N2O/c1-3-9-21(10-4-1)19-27(20-22-11-5-2-6-12-22)18-17-26-25-16-15-23-13-7-8-14-24(23)28-25/h1-14,25-26H,15-20H2. The number of nitrogens with one attached hydrogen (secondary N) is 1. The van der Waals surface area contributed by atoms with Crippen LogP contribution in [0.1, 0.15) is 23.1 Å². The van der Waals surface area contributed by atoms with Gasteiger partial charge in [0.15, 0.2) is 6.23 Å². The molecule has 1 aliphatic heterocycles. The van der Waals surface area contributed by atoms with Gasteiger partial charge in [-0.05, 0) is 29.2 Å². The smallest absolute Gasteiger partial charge is 0.150 e.